The van der Waals surface area contributed by atoms with Gasteiger partial charge in [-0.25, -0.2) is 4.79 Å². The number of nitrogens with zero attached hydrogens (tertiary/aromatic N) is 1. The van der Waals surface area contributed by atoms with Gasteiger partial charge in [-0.15, -0.1) is 0 Å². The van der Waals surface area contributed by atoms with Crippen molar-refractivity contribution in [2.24, 2.45) is 0 Å². The van der Waals surface area contributed by atoms with E-state index in [0.717, 1.165) is 16.6 Å². The fraction of sp³-hybridized carbons (Fsp3) is 0.333. The molecule has 0 spiro atoms. The quantitative estimate of drug-likeness (QED) is 0.539. The molecule has 1 saturated heterocycles. The number of nitrogens with two attached hydrogens (primary N) is 1. The smallest absolute Gasteiger partial charge is 0.445 e. The van der Waals surface area contributed by atoms with Gasteiger partial charge < -0.3 is 29.6 Å². The predicted octanol–water partition coefficient (Wildman–Crippen LogP) is 4.35. The summed E-state index contributed by atoms with van der Waals surface area (Å²) in [7, 11) is -0.639. The number of aromatic nitrogens is 1. The lowest BCUT2D eigenvalue weighted by Crippen LogP contribution is -2.41. The molecular formula is C24H28BN3O5. The standard InChI is InChI=1S/C24H28BN3O5/c1-23(2)24(3,4)33-25(32-23)18(12-17-10-11-20-19(13-17)21(26)28-31-20)14-27-22(29)30-15-16-8-6-5-7-9-16/h5-13H,14-15H2,1-4H3,(H2,26,28)(H,27,29). The highest BCUT2D eigenvalue weighted by atomic mass is 16.7. The van der Waals surface area contributed by atoms with Gasteiger partial charge in [0.25, 0.3) is 0 Å². The van der Waals surface area contributed by atoms with E-state index in [0.29, 0.717) is 16.8 Å². The summed E-state index contributed by atoms with van der Waals surface area (Å²) in [6.45, 7) is 8.30. The highest BCUT2D eigenvalue weighted by molar-refractivity contribution is 6.56. The minimum Gasteiger partial charge on any atom is -0.445 e. The van der Waals surface area contributed by atoms with Crippen molar-refractivity contribution in [3.8, 4) is 0 Å². The van der Waals surface area contributed by atoms with Gasteiger partial charge in [-0.1, -0.05) is 47.6 Å². The normalized spacial score (nSPS) is 17.3. The number of carbonyl (C=O) groups excluding carboxylic acids is 1. The molecule has 3 N–H and O–H groups in total. The van der Waals surface area contributed by atoms with Crippen LogP contribution in [0, 0.1) is 0 Å². The molecule has 4 rings (SSSR count). The Morgan fingerprint density at radius 1 is 1.12 bits per heavy atom. The molecule has 2 heterocycles. The van der Waals surface area contributed by atoms with E-state index in [-0.39, 0.29) is 13.2 Å². The molecule has 9 heteroatoms. The van der Waals surface area contributed by atoms with Crippen LogP contribution in [0.2, 0.25) is 0 Å². The summed E-state index contributed by atoms with van der Waals surface area (Å²) in [5.41, 5.74) is 7.96. The van der Waals surface area contributed by atoms with Crippen molar-refractivity contribution in [1.82, 2.24) is 10.5 Å². The maximum Gasteiger partial charge on any atom is 0.492 e. The Bertz CT molecular complexity index is 1160. The molecule has 1 fully saturated rings. The third-order valence-corrected chi connectivity index (χ3v) is 6.08. The lowest BCUT2D eigenvalue weighted by atomic mass is 9.77. The Labute approximate surface area is 193 Å². The molecule has 0 saturated carbocycles. The molecule has 33 heavy (non-hydrogen) atoms. The summed E-state index contributed by atoms with van der Waals surface area (Å²) >= 11 is 0. The van der Waals surface area contributed by atoms with E-state index in [2.05, 4.69) is 10.5 Å². The lowest BCUT2D eigenvalue weighted by molar-refractivity contribution is 0.00578. The Morgan fingerprint density at radius 2 is 1.82 bits per heavy atom. The topological polar surface area (TPSA) is 109 Å². The monoisotopic (exact) mass is 449 g/mol. The van der Waals surface area contributed by atoms with Gasteiger partial charge in [-0.2, -0.15) is 0 Å². The number of hydrogen-bond acceptors (Lipinski definition) is 7. The Hall–Kier alpha value is -3.30. The van der Waals surface area contributed by atoms with Gasteiger partial charge in [0.05, 0.1) is 16.6 Å². The largest absolute Gasteiger partial charge is 0.492 e. The number of nitrogen functional groups attached to an aromatic ring is 1. The number of alkyl carbamates (subject to hydrolysis) is 1. The molecule has 0 bridgehead atoms. The summed E-state index contributed by atoms with van der Waals surface area (Å²) in [6.07, 6.45) is 1.38. The van der Waals surface area contributed by atoms with Crippen LogP contribution in [-0.2, 0) is 20.7 Å². The highest BCUT2D eigenvalue weighted by Crippen LogP contribution is 2.39. The Balaban J connectivity index is 1.53. The maximum absolute atomic E-state index is 12.3. The van der Waals surface area contributed by atoms with Crippen LogP contribution < -0.4 is 11.1 Å². The minimum atomic E-state index is -0.639. The minimum absolute atomic E-state index is 0.182. The Kier molecular flexibility index (Phi) is 6.18. The van der Waals surface area contributed by atoms with E-state index >= 15 is 0 Å². The van der Waals surface area contributed by atoms with Crippen molar-refractivity contribution < 1.29 is 23.4 Å². The number of amides is 1. The molecule has 1 amide bonds. The van der Waals surface area contributed by atoms with Gasteiger partial charge in [0.15, 0.2) is 11.4 Å². The molecule has 172 valence electrons. The van der Waals surface area contributed by atoms with Crippen LogP contribution in [0.15, 0.2) is 58.5 Å². The predicted molar refractivity (Wildman–Crippen MR) is 127 cm³/mol. The number of ether oxygens (including phenoxy) is 1. The van der Waals surface area contributed by atoms with E-state index in [1.165, 1.54) is 0 Å². The van der Waals surface area contributed by atoms with E-state index in [4.69, 9.17) is 24.3 Å². The molecule has 0 aliphatic carbocycles. The van der Waals surface area contributed by atoms with Gasteiger partial charge in [0.2, 0.25) is 0 Å². The average Bonchev–Trinajstić information content (AvgIpc) is 3.25. The first-order chi connectivity index (χ1) is 15.6. The number of carbonyl (C=O) groups is 1. The number of hydrogen-bond donors (Lipinski definition) is 2. The first kappa shape index (κ1) is 22.9. The number of fused-ring (bicyclic) bond motifs is 1. The van der Waals surface area contributed by atoms with Gasteiger partial charge in [-0.3, -0.25) is 0 Å². The molecule has 1 aliphatic heterocycles. The third-order valence-electron chi connectivity index (χ3n) is 6.08. The molecule has 0 unspecified atom stereocenters. The number of benzene rings is 2. The first-order valence-corrected chi connectivity index (χ1v) is 10.8. The van der Waals surface area contributed by atoms with Crippen molar-refractivity contribution in [2.75, 3.05) is 12.3 Å². The molecule has 3 aromatic rings. The molecule has 0 radical (unpaired) electrons. The summed E-state index contributed by atoms with van der Waals surface area (Å²) in [5, 5.41) is 7.31. The van der Waals surface area contributed by atoms with E-state index < -0.39 is 24.4 Å². The Morgan fingerprint density at radius 3 is 2.52 bits per heavy atom. The van der Waals surface area contributed by atoms with Gasteiger partial charge in [0, 0.05) is 6.54 Å². The van der Waals surface area contributed by atoms with Crippen molar-refractivity contribution in [3.05, 3.63) is 65.1 Å². The molecule has 2 aromatic carbocycles. The first-order valence-electron chi connectivity index (χ1n) is 10.8. The van der Waals surface area contributed by atoms with Crippen molar-refractivity contribution in [3.63, 3.8) is 0 Å². The number of nitrogens with one attached hydrogen (secondary N) is 1. The lowest BCUT2D eigenvalue weighted by Gasteiger charge is -2.32. The molecular weight excluding hydrogens is 421 g/mol. The third kappa shape index (κ3) is 5.04. The SMILES string of the molecule is CC1(C)OB(C(=Cc2ccc3onc(N)c3c2)CNC(=O)OCc2ccccc2)OC1(C)C. The zero-order valence-electron chi connectivity index (χ0n) is 19.3. The molecule has 0 atom stereocenters. The van der Waals surface area contributed by atoms with Crippen molar-refractivity contribution >= 4 is 36.1 Å². The second-order valence-corrected chi connectivity index (χ2v) is 9.05. The van der Waals surface area contributed by atoms with Crippen LogP contribution >= 0.6 is 0 Å². The summed E-state index contributed by atoms with van der Waals surface area (Å²) in [6, 6.07) is 15.1. The van der Waals surface area contributed by atoms with Crippen LogP contribution in [0.25, 0.3) is 17.0 Å². The van der Waals surface area contributed by atoms with Gasteiger partial charge in [-0.05, 0) is 56.4 Å². The fourth-order valence-corrected chi connectivity index (χ4v) is 3.42. The van der Waals surface area contributed by atoms with Crippen molar-refractivity contribution in [2.45, 2.75) is 45.5 Å². The van der Waals surface area contributed by atoms with E-state index in [9.17, 15) is 4.79 Å². The molecule has 8 nitrogen and oxygen atoms in total. The molecule has 1 aliphatic rings. The van der Waals surface area contributed by atoms with Crippen molar-refractivity contribution in [1.29, 1.82) is 0 Å². The molecule has 1 aromatic heterocycles. The van der Waals surface area contributed by atoms with Crippen LogP contribution in [0.4, 0.5) is 10.6 Å². The van der Waals surface area contributed by atoms with Crippen LogP contribution in [0.5, 0.6) is 0 Å². The van der Waals surface area contributed by atoms with Crippen LogP contribution in [-0.4, -0.2) is 36.1 Å². The van der Waals surface area contributed by atoms with Crippen LogP contribution in [0.3, 0.4) is 0 Å². The maximum atomic E-state index is 12.3. The average molecular weight is 449 g/mol. The summed E-state index contributed by atoms with van der Waals surface area (Å²) in [5.74, 6) is 0.319. The fourth-order valence-electron chi connectivity index (χ4n) is 3.42. The zero-order valence-corrected chi connectivity index (χ0v) is 19.3. The van der Waals surface area contributed by atoms with E-state index in [1.54, 1.807) is 6.07 Å². The van der Waals surface area contributed by atoms with Gasteiger partial charge in [0.1, 0.15) is 6.61 Å². The summed E-state index contributed by atoms with van der Waals surface area (Å²) in [4.78, 5) is 12.3. The summed E-state index contributed by atoms with van der Waals surface area (Å²) < 4.78 is 23.0. The number of anilines is 1. The second kappa shape index (κ2) is 8.92. The van der Waals surface area contributed by atoms with Crippen LogP contribution in [0.1, 0.15) is 38.8 Å². The number of rotatable bonds is 6. The van der Waals surface area contributed by atoms with E-state index in [1.807, 2.05) is 76.2 Å². The second-order valence-electron chi connectivity index (χ2n) is 9.05. The highest BCUT2D eigenvalue weighted by Gasteiger charge is 2.52. The zero-order chi connectivity index (χ0) is 23.6. The van der Waals surface area contributed by atoms with Gasteiger partial charge >= 0.3 is 13.2 Å².